The monoisotopic (exact) mass is 598 g/mol. The normalized spacial score (nSPS) is 12.3. The highest BCUT2D eigenvalue weighted by Gasteiger charge is 2.35. The van der Waals surface area contributed by atoms with Gasteiger partial charge in [-0.25, -0.2) is 4.31 Å². The van der Waals surface area contributed by atoms with Gasteiger partial charge in [0.2, 0.25) is 11.8 Å². The van der Waals surface area contributed by atoms with E-state index in [2.05, 4.69) is 5.32 Å². The molecule has 2 amide bonds. The number of anilines is 1. The van der Waals surface area contributed by atoms with Gasteiger partial charge < -0.3 is 10.2 Å². The van der Waals surface area contributed by atoms with Gasteiger partial charge >= 0.3 is 10.2 Å². The van der Waals surface area contributed by atoms with Crippen molar-refractivity contribution in [3.05, 3.63) is 100 Å². The number of rotatable bonds is 12. The molecule has 3 aromatic rings. The number of halogens is 1. The van der Waals surface area contributed by atoms with Crippen molar-refractivity contribution in [2.45, 2.75) is 52.7 Å². The number of nitrogens with zero attached hydrogens (tertiary/aromatic N) is 3. The predicted molar refractivity (Wildman–Crippen MR) is 165 cm³/mol. The van der Waals surface area contributed by atoms with Gasteiger partial charge in [0.15, 0.2) is 0 Å². The van der Waals surface area contributed by atoms with E-state index in [9.17, 15) is 18.0 Å². The Morgan fingerprint density at radius 1 is 0.902 bits per heavy atom. The SMILES string of the molecule is Cc1ccc(C)c(N(CC(=O)N(Cc2ccc(Cl)cc2)[C@H](Cc2ccccc2)C(=O)NC(C)C)S(=O)(=O)N(C)C)c1. The van der Waals surface area contributed by atoms with Gasteiger partial charge in [-0.1, -0.05) is 66.2 Å². The van der Waals surface area contributed by atoms with Crippen LogP contribution in [0.15, 0.2) is 72.8 Å². The zero-order valence-electron chi connectivity index (χ0n) is 24.5. The second-order valence-corrected chi connectivity index (χ2v) is 13.1. The Kier molecular flexibility index (Phi) is 11.0. The molecule has 0 aliphatic heterocycles. The highest BCUT2D eigenvalue weighted by atomic mass is 35.5. The zero-order chi connectivity index (χ0) is 30.3. The van der Waals surface area contributed by atoms with Crippen molar-refractivity contribution in [2.75, 3.05) is 24.9 Å². The predicted octanol–water partition coefficient (Wildman–Crippen LogP) is 4.73. The van der Waals surface area contributed by atoms with Gasteiger partial charge in [-0.05, 0) is 68.1 Å². The average Bonchev–Trinajstić information content (AvgIpc) is 2.91. The van der Waals surface area contributed by atoms with Crippen molar-refractivity contribution in [1.82, 2.24) is 14.5 Å². The molecule has 3 aromatic carbocycles. The van der Waals surface area contributed by atoms with Crippen molar-refractivity contribution in [1.29, 1.82) is 0 Å². The maximum atomic E-state index is 14.3. The molecule has 0 aromatic heterocycles. The van der Waals surface area contributed by atoms with Crippen LogP contribution in [0.5, 0.6) is 0 Å². The summed E-state index contributed by atoms with van der Waals surface area (Å²) in [6.07, 6.45) is 0.253. The maximum Gasteiger partial charge on any atom is 0.304 e. The third-order valence-corrected chi connectivity index (χ3v) is 8.68. The Morgan fingerprint density at radius 2 is 1.54 bits per heavy atom. The number of aryl methyl sites for hydroxylation is 2. The average molecular weight is 599 g/mol. The fourth-order valence-corrected chi connectivity index (χ4v) is 5.65. The minimum absolute atomic E-state index is 0.0850. The molecule has 0 spiro atoms. The van der Waals surface area contributed by atoms with Crippen LogP contribution in [0.3, 0.4) is 0 Å². The number of hydrogen-bond donors (Lipinski definition) is 1. The molecule has 0 heterocycles. The minimum Gasteiger partial charge on any atom is -0.352 e. The quantitative estimate of drug-likeness (QED) is 0.326. The molecular formula is C31H39ClN4O4S. The fourth-order valence-electron chi connectivity index (χ4n) is 4.41. The van der Waals surface area contributed by atoms with E-state index in [4.69, 9.17) is 11.6 Å². The van der Waals surface area contributed by atoms with Crippen LogP contribution in [0.2, 0.25) is 5.02 Å². The first-order valence-corrected chi connectivity index (χ1v) is 15.2. The summed E-state index contributed by atoms with van der Waals surface area (Å²) in [4.78, 5) is 29.4. The van der Waals surface area contributed by atoms with Gasteiger partial charge in [-0.3, -0.25) is 9.59 Å². The Hall–Kier alpha value is -3.40. The van der Waals surface area contributed by atoms with Crippen molar-refractivity contribution in [3.8, 4) is 0 Å². The molecule has 1 atom stereocenters. The van der Waals surface area contributed by atoms with Crippen molar-refractivity contribution in [2.24, 2.45) is 0 Å². The van der Waals surface area contributed by atoms with Crippen molar-refractivity contribution >= 4 is 39.3 Å². The van der Waals surface area contributed by atoms with Crippen LogP contribution in [0.25, 0.3) is 0 Å². The van der Waals surface area contributed by atoms with Crippen molar-refractivity contribution in [3.63, 3.8) is 0 Å². The van der Waals surface area contributed by atoms with Crippen LogP contribution in [0.4, 0.5) is 5.69 Å². The Balaban J connectivity index is 2.12. The third kappa shape index (κ3) is 8.55. The summed E-state index contributed by atoms with van der Waals surface area (Å²) in [6.45, 7) is 6.98. The van der Waals surface area contributed by atoms with Gasteiger partial charge in [-0.15, -0.1) is 0 Å². The molecule has 0 aliphatic rings. The molecule has 0 saturated carbocycles. The van der Waals surface area contributed by atoms with Crippen molar-refractivity contribution < 1.29 is 18.0 Å². The van der Waals surface area contributed by atoms with Gasteiger partial charge in [0.05, 0.1) is 5.69 Å². The lowest BCUT2D eigenvalue weighted by Crippen LogP contribution is -2.55. The number of hydrogen-bond acceptors (Lipinski definition) is 4. The molecule has 220 valence electrons. The number of amides is 2. The second kappa shape index (κ2) is 14.0. The van der Waals surface area contributed by atoms with Crippen LogP contribution >= 0.6 is 11.6 Å². The van der Waals surface area contributed by atoms with Gasteiger partial charge in [0.1, 0.15) is 12.6 Å². The molecule has 0 saturated heterocycles. The van der Waals surface area contributed by atoms with Crippen LogP contribution in [0, 0.1) is 13.8 Å². The molecule has 0 radical (unpaired) electrons. The summed E-state index contributed by atoms with van der Waals surface area (Å²) in [5, 5.41) is 3.49. The van der Waals surface area contributed by atoms with E-state index in [1.54, 1.807) is 37.3 Å². The summed E-state index contributed by atoms with van der Waals surface area (Å²) in [5.74, 6) is -0.828. The van der Waals surface area contributed by atoms with Gasteiger partial charge in [-0.2, -0.15) is 12.7 Å². The molecule has 1 N–H and O–H groups in total. The minimum atomic E-state index is -4.06. The molecular weight excluding hydrogens is 560 g/mol. The maximum absolute atomic E-state index is 14.3. The number of nitrogens with one attached hydrogen (secondary N) is 1. The summed E-state index contributed by atoms with van der Waals surface area (Å²) in [6, 6.07) is 20.9. The summed E-state index contributed by atoms with van der Waals surface area (Å²) in [7, 11) is -1.20. The largest absolute Gasteiger partial charge is 0.352 e. The lowest BCUT2D eigenvalue weighted by atomic mass is 10.0. The Bertz CT molecular complexity index is 1440. The van der Waals surface area contributed by atoms with Gasteiger partial charge in [0.25, 0.3) is 0 Å². The van der Waals surface area contributed by atoms with Crippen LogP contribution in [0.1, 0.15) is 36.1 Å². The molecule has 0 unspecified atom stereocenters. The van der Waals surface area contributed by atoms with Crippen LogP contribution < -0.4 is 9.62 Å². The summed E-state index contributed by atoms with van der Waals surface area (Å²) in [5.41, 5.74) is 3.60. The molecule has 3 rings (SSSR count). The molecule has 41 heavy (non-hydrogen) atoms. The standard InChI is InChI=1S/C31H39ClN4O4S/c1-22(2)33-31(38)29(19-25-10-8-7-9-11-25)35(20-26-14-16-27(32)17-15-26)30(37)21-36(41(39,40)34(5)6)28-18-23(3)12-13-24(28)4/h7-18,22,29H,19-21H2,1-6H3,(H,33,38)/t29-/m1/s1. The van der Waals surface area contributed by atoms with E-state index in [0.717, 1.165) is 25.3 Å². The Labute approximate surface area is 249 Å². The van der Waals surface area contributed by atoms with E-state index in [0.29, 0.717) is 16.3 Å². The van der Waals surface area contributed by atoms with E-state index >= 15 is 0 Å². The smallest absolute Gasteiger partial charge is 0.304 e. The van der Waals surface area contributed by atoms with E-state index in [-0.39, 0.29) is 24.9 Å². The van der Waals surface area contributed by atoms with E-state index in [1.807, 2.05) is 63.2 Å². The molecule has 0 fully saturated rings. The first-order chi connectivity index (χ1) is 19.3. The lowest BCUT2D eigenvalue weighted by molar-refractivity contribution is -0.140. The molecule has 8 nitrogen and oxygen atoms in total. The molecule has 0 bridgehead atoms. The summed E-state index contributed by atoms with van der Waals surface area (Å²) < 4.78 is 29.4. The number of benzene rings is 3. The van der Waals surface area contributed by atoms with Crippen LogP contribution in [-0.4, -0.2) is 62.2 Å². The fraction of sp³-hybridized carbons (Fsp3) is 0.355. The third-order valence-electron chi connectivity index (χ3n) is 6.62. The van der Waals surface area contributed by atoms with Gasteiger partial charge in [0, 0.05) is 38.1 Å². The number of carbonyl (C=O) groups excluding carboxylic acids is 2. The highest BCUT2D eigenvalue weighted by molar-refractivity contribution is 7.90. The highest BCUT2D eigenvalue weighted by Crippen LogP contribution is 2.26. The zero-order valence-corrected chi connectivity index (χ0v) is 26.0. The van der Waals surface area contributed by atoms with E-state index in [1.165, 1.54) is 19.0 Å². The number of carbonyl (C=O) groups is 2. The first-order valence-electron chi connectivity index (χ1n) is 13.4. The lowest BCUT2D eigenvalue weighted by Gasteiger charge is -2.35. The summed E-state index contributed by atoms with van der Waals surface area (Å²) >= 11 is 6.11. The second-order valence-electron chi connectivity index (χ2n) is 10.6. The molecule has 0 aliphatic carbocycles. The molecule has 10 heteroatoms. The Morgan fingerprint density at radius 3 is 2.12 bits per heavy atom. The first kappa shape index (κ1) is 32.1. The topological polar surface area (TPSA) is 90.0 Å². The van der Waals surface area contributed by atoms with Crippen LogP contribution in [-0.2, 0) is 32.8 Å². The van der Waals surface area contributed by atoms with E-state index < -0.39 is 28.7 Å².